The molecule has 3 aromatic heterocycles. The number of fused-ring (bicyclic) bond motifs is 13. The molecule has 13 aromatic carbocycles. The first-order chi connectivity index (χ1) is 41.7. The maximum absolute atomic E-state index is 2.62. The molecule has 6 heteroatoms. The van der Waals surface area contributed by atoms with Crippen LogP contribution in [0.5, 0.6) is 0 Å². The van der Waals surface area contributed by atoms with Crippen LogP contribution in [0.4, 0.5) is 34.1 Å². The Kier molecular flexibility index (Phi) is 10.5. The molecule has 0 saturated heterocycles. The standard InChI is InChI=1S/C78H48BN3S2/c1-3-19-49(20-4-1)56-23-7-13-29-66(56)81-70-45-53(51-37-41-76-62(43-51)60-27-11-17-33-74(60)83-76)35-39-64(70)79-65-40-36-54(52-38-42-77-63(44-52)61-28-12-18-34-75(61)84-77)46-71(65)82(67-30-14-8-24-57(67)50-21-5-2-6-22-50)73-48-55(47-72(81)78(73)79)80-68-31-15-9-25-58(68)59-26-10-16-32-69(59)80/h1-48H. The van der Waals surface area contributed by atoms with Gasteiger partial charge in [-0.25, -0.2) is 0 Å². The lowest BCUT2D eigenvalue weighted by Crippen LogP contribution is -2.61. The summed E-state index contributed by atoms with van der Waals surface area (Å²) in [4.78, 5) is 5.24. The summed E-state index contributed by atoms with van der Waals surface area (Å²) in [6, 6.07) is 109. The summed E-state index contributed by atoms with van der Waals surface area (Å²) in [5.74, 6) is 0. The molecule has 5 heterocycles. The van der Waals surface area contributed by atoms with Gasteiger partial charge < -0.3 is 14.4 Å². The van der Waals surface area contributed by atoms with E-state index in [1.807, 2.05) is 22.7 Å². The zero-order valence-electron chi connectivity index (χ0n) is 45.4. The van der Waals surface area contributed by atoms with Crippen LogP contribution in [0.1, 0.15) is 0 Å². The van der Waals surface area contributed by atoms with Crippen molar-refractivity contribution in [2.75, 3.05) is 9.80 Å². The van der Waals surface area contributed by atoms with Gasteiger partial charge in [0.2, 0.25) is 0 Å². The van der Waals surface area contributed by atoms with Crippen LogP contribution < -0.4 is 26.2 Å². The average Bonchev–Trinajstić information content (AvgIpc) is 0.984. The van der Waals surface area contributed by atoms with Gasteiger partial charge in [-0.15, -0.1) is 22.7 Å². The van der Waals surface area contributed by atoms with E-state index in [-0.39, 0.29) is 6.71 Å². The molecule has 0 unspecified atom stereocenters. The summed E-state index contributed by atoms with van der Waals surface area (Å²) in [5.41, 5.74) is 23.5. The van der Waals surface area contributed by atoms with Crippen LogP contribution in [-0.4, -0.2) is 11.3 Å². The lowest BCUT2D eigenvalue weighted by Gasteiger charge is -2.45. The van der Waals surface area contributed by atoms with Crippen molar-refractivity contribution >= 4 is 142 Å². The van der Waals surface area contributed by atoms with E-state index < -0.39 is 0 Å². The smallest absolute Gasteiger partial charge is 0.252 e. The summed E-state index contributed by atoms with van der Waals surface area (Å²) < 4.78 is 7.74. The van der Waals surface area contributed by atoms with Crippen molar-refractivity contribution in [1.29, 1.82) is 0 Å². The molecule has 18 rings (SSSR count). The number of thiophene rings is 2. The summed E-state index contributed by atoms with van der Waals surface area (Å²) in [5, 5.41) is 7.64. The highest BCUT2D eigenvalue weighted by molar-refractivity contribution is 7.26. The van der Waals surface area contributed by atoms with Gasteiger partial charge in [0.05, 0.1) is 28.1 Å². The largest absolute Gasteiger partial charge is 0.311 e. The maximum atomic E-state index is 2.62. The Hall–Kier alpha value is -10.2. The van der Waals surface area contributed by atoms with Crippen LogP contribution in [0, 0.1) is 0 Å². The predicted octanol–water partition coefficient (Wildman–Crippen LogP) is 20.3. The molecule has 84 heavy (non-hydrogen) atoms. The van der Waals surface area contributed by atoms with Crippen LogP contribution in [0.25, 0.3) is 112 Å². The molecule has 0 amide bonds. The predicted molar refractivity (Wildman–Crippen MR) is 362 cm³/mol. The van der Waals surface area contributed by atoms with E-state index in [0.717, 1.165) is 50.9 Å². The molecule has 0 saturated carbocycles. The fourth-order valence-electron chi connectivity index (χ4n) is 14.1. The Bertz CT molecular complexity index is 5040. The minimum absolute atomic E-state index is 0.137. The molecule has 2 aliphatic rings. The van der Waals surface area contributed by atoms with Gasteiger partial charge >= 0.3 is 0 Å². The topological polar surface area (TPSA) is 11.4 Å². The Morgan fingerprint density at radius 2 is 0.631 bits per heavy atom. The molecule has 0 N–H and O–H groups in total. The van der Waals surface area contributed by atoms with Gasteiger partial charge in [-0.3, -0.25) is 0 Å². The Balaban J connectivity index is 0.971. The van der Waals surface area contributed by atoms with Crippen molar-refractivity contribution in [2.24, 2.45) is 0 Å². The number of benzene rings is 13. The van der Waals surface area contributed by atoms with Crippen molar-refractivity contribution in [3.63, 3.8) is 0 Å². The second-order valence-electron chi connectivity index (χ2n) is 22.3. The van der Waals surface area contributed by atoms with Crippen LogP contribution in [0.2, 0.25) is 0 Å². The molecule has 0 fully saturated rings. The summed E-state index contributed by atoms with van der Waals surface area (Å²) in [7, 11) is 0. The minimum Gasteiger partial charge on any atom is -0.311 e. The molecule has 0 aliphatic carbocycles. The number of anilines is 6. The van der Waals surface area contributed by atoms with Crippen molar-refractivity contribution < 1.29 is 0 Å². The molecule has 390 valence electrons. The third-order valence-electron chi connectivity index (χ3n) is 17.8. The number of nitrogens with zero attached hydrogens (tertiary/aromatic N) is 3. The van der Waals surface area contributed by atoms with E-state index in [4.69, 9.17) is 0 Å². The molecule has 3 nitrogen and oxygen atoms in total. The minimum atomic E-state index is -0.137. The first-order valence-corrected chi connectivity index (χ1v) is 30.5. The maximum Gasteiger partial charge on any atom is 0.252 e. The highest BCUT2D eigenvalue weighted by Crippen LogP contribution is 2.51. The van der Waals surface area contributed by atoms with E-state index >= 15 is 0 Å². The van der Waals surface area contributed by atoms with Gasteiger partial charge in [-0.1, -0.05) is 206 Å². The zero-order valence-corrected chi connectivity index (χ0v) is 47.1. The molecule has 0 bridgehead atoms. The van der Waals surface area contributed by atoms with Crippen LogP contribution in [0.3, 0.4) is 0 Å². The van der Waals surface area contributed by atoms with Crippen molar-refractivity contribution in [3.8, 4) is 50.2 Å². The second kappa shape index (κ2) is 18.6. The summed E-state index contributed by atoms with van der Waals surface area (Å²) >= 11 is 3.74. The van der Waals surface area contributed by atoms with Gasteiger partial charge in [0, 0.05) is 85.0 Å². The van der Waals surface area contributed by atoms with E-state index in [9.17, 15) is 0 Å². The highest BCUT2D eigenvalue weighted by atomic mass is 32.1. The second-order valence-corrected chi connectivity index (χ2v) is 24.5. The average molecular weight is 1100 g/mol. The third-order valence-corrected chi connectivity index (χ3v) is 20.1. The van der Waals surface area contributed by atoms with E-state index in [1.54, 1.807) is 0 Å². The molecule has 2 aliphatic heterocycles. The fourth-order valence-corrected chi connectivity index (χ4v) is 16.2. The van der Waals surface area contributed by atoms with E-state index in [1.165, 1.54) is 112 Å². The Morgan fingerprint density at radius 1 is 0.250 bits per heavy atom. The van der Waals surface area contributed by atoms with E-state index in [2.05, 4.69) is 306 Å². The first-order valence-electron chi connectivity index (χ1n) is 28.8. The number of rotatable bonds is 7. The Labute approximate surface area is 494 Å². The monoisotopic (exact) mass is 1100 g/mol. The molecular formula is C78H48BN3S2. The van der Waals surface area contributed by atoms with Crippen LogP contribution in [0.15, 0.2) is 291 Å². The van der Waals surface area contributed by atoms with Crippen LogP contribution >= 0.6 is 22.7 Å². The van der Waals surface area contributed by atoms with Gasteiger partial charge in [0.1, 0.15) is 0 Å². The quantitative estimate of drug-likeness (QED) is 0.147. The molecule has 0 atom stereocenters. The number of aromatic nitrogens is 1. The fraction of sp³-hybridized carbons (Fsp3) is 0. The van der Waals surface area contributed by atoms with Gasteiger partial charge in [-0.2, -0.15) is 0 Å². The number of hydrogen-bond acceptors (Lipinski definition) is 4. The van der Waals surface area contributed by atoms with E-state index in [0.29, 0.717) is 0 Å². The van der Waals surface area contributed by atoms with Crippen molar-refractivity contribution in [1.82, 2.24) is 4.57 Å². The SMILES string of the molecule is c1ccc(-c2ccccc2N2c3cc(-c4ccc5sc6ccccc6c5c4)ccc3B3c4ccc(-c5ccc6sc7ccccc7c6c5)cc4N(c4ccccc4-c4ccccc4)c4cc(-n5c6ccccc6c6ccccc65)cc2c43)cc1. The normalized spacial score (nSPS) is 12.7. The van der Waals surface area contributed by atoms with Crippen molar-refractivity contribution in [3.05, 3.63) is 291 Å². The Morgan fingerprint density at radius 3 is 1.12 bits per heavy atom. The molecule has 0 radical (unpaired) electrons. The van der Waals surface area contributed by atoms with Crippen molar-refractivity contribution in [2.45, 2.75) is 0 Å². The number of hydrogen-bond donors (Lipinski definition) is 0. The van der Waals surface area contributed by atoms with Gasteiger partial charge in [0.15, 0.2) is 0 Å². The van der Waals surface area contributed by atoms with Gasteiger partial charge in [-0.05, 0) is 135 Å². The van der Waals surface area contributed by atoms with Gasteiger partial charge in [0.25, 0.3) is 6.71 Å². The lowest BCUT2D eigenvalue weighted by atomic mass is 9.33. The zero-order chi connectivity index (χ0) is 55.0. The third kappa shape index (κ3) is 7.18. The van der Waals surface area contributed by atoms with Crippen LogP contribution in [-0.2, 0) is 0 Å². The molecule has 0 spiro atoms. The number of para-hydroxylation sites is 4. The summed E-state index contributed by atoms with van der Waals surface area (Å²) in [6.45, 7) is -0.137. The lowest BCUT2D eigenvalue weighted by molar-refractivity contribution is 1.16. The molecular weight excluding hydrogens is 1050 g/mol. The highest BCUT2D eigenvalue weighted by Gasteiger charge is 2.45. The molecule has 16 aromatic rings. The first kappa shape index (κ1) is 47.4. The summed E-state index contributed by atoms with van der Waals surface area (Å²) in [6.07, 6.45) is 0.